The van der Waals surface area contributed by atoms with Crippen LogP contribution in [0, 0.1) is 17.4 Å². The van der Waals surface area contributed by atoms with Gasteiger partial charge in [0.1, 0.15) is 4.32 Å². The molecule has 6 heteroatoms. The minimum absolute atomic E-state index is 0.00608. The summed E-state index contributed by atoms with van der Waals surface area (Å²) < 4.78 is 4.06. The lowest BCUT2D eigenvalue weighted by Crippen LogP contribution is -2.27. The molecule has 0 N–H and O–H groups in total. The van der Waals surface area contributed by atoms with Gasteiger partial charge in [-0.2, -0.15) is 0 Å². The number of hydrogen-bond acceptors (Lipinski definition) is 3. The van der Waals surface area contributed by atoms with Gasteiger partial charge in [-0.25, -0.2) is 0 Å². The van der Waals surface area contributed by atoms with Gasteiger partial charge >= 0.3 is 0 Å². The lowest BCUT2D eigenvalue weighted by atomic mass is 10.2. The summed E-state index contributed by atoms with van der Waals surface area (Å²) in [6.07, 6.45) is 1.96. The summed E-state index contributed by atoms with van der Waals surface area (Å²) in [5.41, 5.74) is 4.45. The summed E-state index contributed by atoms with van der Waals surface area (Å²) in [6, 6.07) is 10.5. The van der Waals surface area contributed by atoms with Crippen LogP contribution in [-0.4, -0.2) is 26.2 Å². The van der Waals surface area contributed by atoms with Crippen LogP contribution in [0.2, 0.25) is 0 Å². The van der Waals surface area contributed by atoms with Gasteiger partial charge < -0.3 is 4.57 Å². The standard InChI is InChI=1S/C18H17IN2OS2/c1-4-20-17(22)16(24-18(20)23)10-13-9-11(2)21(12(13)3)15-7-5-14(19)6-8-15/h5-10H,4H2,1-3H3/b16-10-. The normalized spacial score (nSPS) is 16.5. The van der Waals surface area contributed by atoms with Crippen molar-refractivity contribution in [3.8, 4) is 5.69 Å². The summed E-state index contributed by atoms with van der Waals surface area (Å²) in [5.74, 6) is 0.00608. The zero-order valence-electron chi connectivity index (χ0n) is 13.7. The molecule has 24 heavy (non-hydrogen) atoms. The number of aryl methyl sites for hydroxylation is 1. The van der Waals surface area contributed by atoms with Crippen LogP contribution in [0.1, 0.15) is 23.9 Å². The maximum atomic E-state index is 12.4. The highest BCUT2D eigenvalue weighted by atomic mass is 127. The van der Waals surface area contributed by atoms with E-state index in [9.17, 15) is 4.79 Å². The number of benzene rings is 1. The first-order valence-corrected chi connectivity index (χ1v) is 9.93. The molecule has 0 bridgehead atoms. The number of thioether (sulfide) groups is 1. The number of nitrogens with zero attached hydrogens (tertiary/aromatic N) is 2. The molecule has 0 spiro atoms. The summed E-state index contributed by atoms with van der Waals surface area (Å²) in [6.45, 7) is 6.72. The Kier molecular flexibility index (Phi) is 5.17. The van der Waals surface area contributed by atoms with Crippen LogP contribution >= 0.6 is 46.6 Å². The fourth-order valence-corrected chi connectivity index (χ4v) is 4.57. The Labute approximate surface area is 165 Å². The fraction of sp³-hybridized carbons (Fsp3) is 0.222. The van der Waals surface area contributed by atoms with Gasteiger partial charge in [-0.05, 0) is 85.3 Å². The highest BCUT2D eigenvalue weighted by Crippen LogP contribution is 2.33. The van der Waals surface area contributed by atoms with Gasteiger partial charge in [0.05, 0.1) is 4.91 Å². The summed E-state index contributed by atoms with van der Waals surface area (Å²) in [4.78, 5) is 14.7. The van der Waals surface area contributed by atoms with E-state index >= 15 is 0 Å². The van der Waals surface area contributed by atoms with Gasteiger partial charge in [0.2, 0.25) is 0 Å². The van der Waals surface area contributed by atoms with Gasteiger partial charge in [-0.15, -0.1) is 0 Å². The van der Waals surface area contributed by atoms with E-state index in [-0.39, 0.29) is 5.91 Å². The molecule has 0 unspecified atom stereocenters. The van der Waals surface area contributed by atoms with Crippen LogP contribution in [-0.2, 0) is 4.79 Å². The van der Waals surface area contributed by atoms with Crippen LogP contribution in [0.15, 0.2) is 35.2 Å². The third-order valence-corrected chi connectivity index (χ3v) is 6.13. The molecule has 0 aliphatic carbocycles. The maximum Gasteiger partial charge on any atom is 0.266 e. The number of hydrogen-bond donors (Lipinski definition) is 0. The minimum atomic E-state index is 0.00608. The molecule has 0 saturated carbocycles. The Morgan fingerprint density at radius 3 is 2.50 bits per heavy atom. The molecule has 0 radical (unpaired) electrons. The average Bonchev–Trinajstić information content (AvgIpc) is 2.97. The largest absolute Gasteiger partial charge is 0.318 e. The van der Waals surface area contributed by atoms with E-state index in [0.29, 0.717) is 15.8 Å². The molecule has 1 aromatic heterocycles. The Bertz CT molecular complexity index is 853. The second-order valence-corrected chi connectivity index (χ2v) is 8.49. The van der Waals surface area contributed by atoms with E-state index in [0.717, 1.165) is 22.6 Å². The number of halogens is 1. The topological polar surface area (TPSA) is 25.2 Å². The summed E-state index contributed by atoms with van der Waals surface area (Å²) >= 11 is 8.97. The Morgan fingerprint density at radius 1 is 1.25 bits per heavy atom. The first-order valence-electron chi connectivity index (χ1n) is 7.62. The smallest absolute Gasteiger partial charge is 0.266 e. The highest BCUT2D eigenvalue weighted by molar-refractivity contribution is 14.1. The van der Waals surface area contributed by atoms with E-state index in [1.54, 1.807) is 4.90 Å². The zero-order chi connectivity index (χ0) is 17.4. The average molecular weight is 468 g/mol. The van der Waals surface area contributed by atoms with Gasteiger partial charge in [-0.3, -0.25) is 9.69 Å². The highest BCUT2D eigenvalue weighted by Gasteiger charge is 2.30. The lowest BCUT2D eigenvalue weighted by Gasteiger charge is -2.10. The molecule has 1 fully saturated rings. The Balaban J connectivity index is 2.01. The quantitative estimate of drug-likeness (QED) is 0.363. The number of aromatic nitrogens is 1. The van der Waals surface area contributed by atoms with Crippen molar-refractivity contribution in [2.24, 2.45) is 0 Å². The Hall–Kier alpha value is -1.12. The Morgan fingerprint density at radius 2 is 1.92 bits per heavy atom. The summed E-state index contributed by atoms with van der Waals surface area (Å²) in [7, 11) is 0. The van der Waals surface area contributed by atoms with Gasteiger partial charge in [0.15, 0.2) is 0 Å². The van der Waals surface area contributed by atoms with Crippen molar-refractivity contribution in [1.29, 1.82) is 0 Å². The van der Waals surface area contributed by atoms with E-state index in [4.69, 9.17) is 12.2 Å². The summed E-state index contributed by atoms with van der Waals surface area (Å²) in [5, 5.41) is 0. The van der Waals surface area contributed by atoms with Crippen LogP contribution in [0.4, 0.5) is 0 Å². The van der Waals surface area contributed by atoms with E-state index in [2.05, 4.69) is 71.3 Å². The van der Waals surface area contributed by atoms with Gasteiger partial charge in [0, 0.05) is 27.2 Å². The second-order valence-electron chi connectivity index (χ2n) is 5.56. The maximum absolute atomic E-state index is 12.4. The van der Waals surface area contributed by atoms with Crippen LogP contribution in [0.25, 0.3) is 11.8 Å². The molecule has 3 rings (SSSR count). The lowest BCUT2D eigenvalue weighted by molar-refractivity contribution is -0.121. The van der Waals surface area contributed by atoms with Crippen molar-refractivity contribution in [1.82, 2.24) is 9.47 Å². The first-order chi connectivity index (χ1) is 11.4. The van der Waals surface area contributed by atoms with Gasteiger partial charge in [-0.1, -0.05) is 24.0 Å². The first kappa shape index (κ1) is 17.7. The minimum Gasteiger partial charge on any atom is -0.318 e. The number of carbonyl (C=O) groups is 1. The molecule has 1 aliphatic rings. The molecular weight excluding hydrogens is 451 g/mol. The van der Waals surface area contributed by atoms with Crippen LogP contribution in [0.5, 0.6) is 0 Å². The molecule has 0 atom stereocenters. The number of likely N-dealkylation sites (N-methyl/N-ethyl adjacent to an activating group) is 1. The molecule has 2 aromatic rings. The van der Waals surface area contributed by atoms with Gasteiger partial charge in [0.25, 0.3) is 5.91 Å². The van der Waals surface area contributed by atoms with Crippen molar-refractivity contribution < 1.29 is 4.79 Å². The van der Waals surface area contributed by atoms with E-state index in [1.807, 2.05) is 13.0 Å². The second kappa shape index (κ2) is 7.01. The van der Waals surface area contributed by atoms with Crippen molar-refractivity contribution in [3.05, 3.63) is 55.8 Å². The van der Waals surface area contributed by atoms with Crippen molar-refractivity contribution in [2.75, 3.05) is 6.54 Å². The molecule has 1 saturated heterocycles. The number of rotatable bonds is 3. The fourth-order valence-electron chi connectivity index (χ4n) is 2.84. The monoisotopic (exact) mass is 468 g/mol. The van der Waals surface area contributed by atoms with Crippen molar-refractivity contribution in [2.45, 2.75) is 20.8 Å². The number of thiocarbonyl (C=S) groups is 1. The van der Waals surface area contributed by atoms with E-state index < -0.39 is 0 Å². The third-order valence-electron chi connectivity index (χ3n) is 4.03. The third kappa shape index (κ3) is 3.19. The van der Waals surface area contributed by atoms with Crippen molar-refractivity contribution in [3.63, 3.8) is 0 Å². The number of carbonyl (C=O) groups excluding carboxylic acids is 1. The molecule has 3 nitrogen and oxygen atoms in total. The number of amides is 1. The van der Waals surface area contributed by atoms with Crippen molar-refractivity contribution >= 4 is 62.9 Å². The molecule has 124 valence electrons. The zero-order valence-corrected chi connectivity index (χ0v) is 17.5. The van der Waals surface area contributed by atoms with E-state index in [1.165, 1.54) is 15.3 Å². The molecule has 1 aromatic carbocycles. The molecule has 2 heterocycles. The van der Waals surface area contributed by atoms with Crippen LogP contribution in [0.3, 0.4) is 0 Å². The predicted molar refractivity (Wildman–Crippen MR) is 114 cm³/mol. The molecular formula is C18H17IN2OS2. The molecule has 1 amide bonds. The van der Waals surface area contributed by atoms with Crippen LogP contribution < -0.4 is 0 Å². The SMILES string of the molecule is CCN1C(=O)/C(=C/c2cc(C)n(-c3ccc(I)cc3)c2C)SC1=S. The predicted octanol–water partition coefficient (Wildman–Crippen LogP) is 4.92. The molecule has 1 aliphatic heterocycles.